The highest BCUT2D eigenvalue weighted by atomic mass is 35.5. The molecule has 0 aliphatic carbocycles. The quantitative estimate of drug-likeness (QED) is 0.447. The summed E-state index contributed by atoms with van der Waals surface area (Å²) in [4.78, 5) is 30.1. The van der Waals surface area contributed by atoms with Gasteiger partial charge < -0.3 is 0 Å². The van der Waals surface area contributed by atoms with Crippen molar-refractivity contribution >= 4 is 29.5 Å². The number of amides is 2. The Balaban J connectivity index is 2.36. The Labute approximate surface area is 96.5 Å². The van der Waals surface area contributed by atoms with Crippen LogP contribution in [0.25, 0.3) is 6.08 Å². The molecular weight excluding hydrogens is 230 g/mol. The summed E-state index contributed by atoms with van der Waals surface area (Å²) in [6, 6.07) is 1.69. The van der Waals surface area contributed by atoms with E-state index in [9.17, 15) is 9.59 Å². The molecule has 0 atom stereocenters. The van der Waals surface area contributed by atoms with Gasteiger partial charge in [-0.1, -0.05) is 0 Å². The second kappa shape index (κ2) is 4.02. The third kappa shape index (κ3) is 2.25. The van der Waals surface area contributed by atoms with Gasteiger partial charge in [0.15, 0.2) is 0 Å². The van der Waals surface area contributed by atoms with Crippen molar-refractivity contribution in [2.45, 2.75) is 13.3 Å². The predicted molar refractivity (Wildman–Crippen MR) is 57.5 cm³/mol. The lowest BCUT2D eigenvalue weighted by Crippen LogP contribution is -2.19. The van der Waals surface area contributed by atoms with Crippen LogP contribution in [0.2, 0.25) is 5.28 Å². The van der Waals surface area contributed by atoms with Gasteiger partial charge in [-0.15, -0.1) is 0 Å². The Kier molecular flexibility index (Phi) is 2.70. The van der Waals surface area contributed by atoms with Crippen molar-refractivity contribution in [3.63, 3.8) is 0 Å². The average Bonchev–Trinajstić information content (AvgIpc) is 2.43. The van der Waals surface area contributed by atoms with Gasteiger partial charge >= 0.3 is 0 Å². The van der Waals surface area contributed by atoms with Gasteiger partial charge in [-0.3, -0.25) is 14.9 Å². The van der Waals surface area contributed by atoms with Gasteiger partial charge in [0.1, 0.15) is 0 Å². The first-order valence-corrected chi connectivity index (χ1v) is 4.98. The van der Waals surface area contributed by atoms with Crippen molar-refractivity contribution in [1.82, 2.24) is 15.3 Å². The summed E-state index contributed by atoms with van der Waals surface area (Å²) in [7, 11) is 0. The number of hydrogen-bond donors (Lipinski definition) is 1. The molecule has 0 radical (unpaired) electrons. The second-order valence-corrected chi connectivity index (χ2v) is 3.76. The van der Waals surface area contributed by atoms with Crippen molar-refractivity contribution in [3.05, 3.63) is 28.3 Å². The number of carbonyl (C=O) groups excluding carboxylic acids is 2. The molecule has 1 N–H and O–H groups in total. The number of imide groups is 1. The van der Waals surface area contributed by atoms with Crippen molar-refractivity contribution in [2.24, 2.45) is 0 Å². The van der Waals surface area contributed by atoms with Crippen molar-refractivity contribution in [2.75, 3.05) is 0 Å². The normalized spacial score (nSPS) is 18.0. The lowest BCUT2D eigenvalue weighted by molar-refractivity contribution is -0.124. The van der Waals surface area contributed by atoms with E-state index in [0.717, 1.165) is 0 Å². The standard InChI is InChI=1S/C10H8ClN3O2/c1-5-2-7(13-10(11)12-5)3-6-4-8(15)14-9(6)16/h2-3H,4H2,1H3,(H,14,15,16)/b6-3+. The van der Waals surface area contributed by atoms with E-state index in [1.54, 1.807) is 19.1 Å². The summed E-state index contributed by atoms with van der Waals surface area (Å²) in [5.74, 6) is -0.675. The Hall–Kier alpha value is -1.75. The molecule has 5 nitrogen and oxygen atoms in total. The van der Waals surface area contributed by atoms with Crippen LogP contribution in [0, 0.1) is 6.92 Å². The van der Waals surface area contributed by atoms with Crippen LogP contribution in [0.15, 0.2) is 11.6 Å². The third-order valence-electron chi connectivity index (χ3n) is 2.06. The van der Waals surface area contributed by atoms with E-state index in [4.69, 9.17) is 11.6 Å². The first-order chi connectivity index (χ1) is 7.54. The van der Waals surface area contributed by atoms with E-state index in [1.807, 2.05) is 0 Å². The maximum atomic E-state index is 11.3. The molecule has 2 heterocycles. The summed E-state index contributed by atoms with van der Waals surface area (Å²) in [5.41, 5.74) is 1.62. The molecule has 1 aromatic rings. The molecule has 1 aromatic heterocycles. The molecule has 1 aliphatic rings. The largest absolute Gasteiger partial charge is 0.292 e. The van der Waals surface area contributed by atoms with Crippen molar-refractivity contribution in [3.8, 4) is 0 Å². The molecule has 1 fully saturated rings. The molecule has 16 heavy (non-hydrogen) atoms. The lowest BCUT2D eigenvalue weighted by Gasteiger charge is -1.97. The van der Waals surface area contributed by atoms with Gasteiger partial charge in [0.25, 0.3) is 5.91 Å². The first kappa shape index (κ1) is 10.8. The maximum Gasteiger partial charge on any atom is 0.254 e. The van der Waals surface area contributed by atoms with Crippen LogP contribution in [0.4, 0.5) is 0 Å². The molecule has 0 saturated carbocycles. The molecule has 82 valence electrons. The summed E-state index contributed by atoms with van der Waals surface area (Å²) in [6.07, 6.45) is 1.63. The molecule has 0 spiro atoms. The van der Waals surface area contributed by atoms with E-state index < -0.39 is 0 Å². The number of aromatic nitrogens is 2. The fourth-order valence-electron chi connectivity index (χ4n) is 1.43. The zero-order chi connectivity index (χ0) is 11.7. The van der Waals surface area contributed by atoms with Crippen LogP contribution in [0.5, 0.6) is 0 Å². The minimum atomic E-state index is -0.377. The van der Waals surface area contributed by atoms with E-state index in [2.05, 4.69) is 15.3 Å². The monoisotopic (exact) mass is 237 g/mol. The van der Waals surface area contributed by atoms with Gasteiger partial charge in [-0.25, -0.2) is 9.97 Å². The van der Waals surface area contributed by atoms with Crippen LogP contribution in [-0.4, -0.2) is 21.8 Å². The number of hydrogen-bond acceptors (Lipinski definition) is 4. The van der Waals surface area contributed by atoms with E-state index >= 15 is 0 Å². The predicted octanol–water partition coefficient (Wildman–Crippen LogP) is 0.868. The fourth-order valence-corrected chi connectivity index (χ4v) is 1.66. The number of halogens is 1. The SMILES string of the molecule is Cc1cc(/C=C2\CC(=O)NC2=O)nc(Cl)n1. The Morgan fingerprint density at radius 1 is 1.44 bits per heavy atom. The minimum absolute atomic E-state index is 0.0828. The number of rotatable bonds is 1. The van der Waals surface area contributed by atoms with Gasteiger partial charge in [0, 0.05) is 11.3 Å². The summed E-state index contributed by atoms with van der Waals surface area (Å²) < 4.78 is 0. The van der Waals surface area contributed by atoms with E-state index in [-0.39, 0.29) is 23.5 Å². The molecule has 2 amide bonds. The molecule has 2 rings (SSSR count). The Morgan fingerprint density at radius 3 is 2.75 bits per heavy atom. The highest BCUT2D eigenvalue weighted by molar-refractivity contribution is 6.28. The Morgan fingerprint density at radius 2 is 2.19 bits per heavy atom. The van der Waals surface area contributed by atoms with Crippen LogP contribution in [-0.2, 0) is 9.59 Å². The highest BCUT2D eigenvalue weighted by Crippen LogP contribution is 2.15. The average molecular weight is 238 g/mol. The molecular formula is C10H8ClN3O2. The summed E-state index contributed by atoms with van der Waals surface area (Å²) in [6.45, 7) is 1.77. The van der Waals surface area contributed by atoms with Gasteiger partial charge in [-0.05, 0) is 30.7 Å². The fraction of sp³-hybridized carbons (Fsp3) is 0.200. The lowest BCUT2D eigenvalue weighted by atomic mass is 10.2. The molecule has 1 aliphatic heterocycles. The van der Waals surface area contributed by atoms with Crippen LogP contribution in [0.1, 0.15) is 17.8 Å². The molecule has 0 unspecified atom stereocenters. The van der Waals surface area contributed by atoms with Gasteiger partial charge in [-0.2, -0.15) is 0 Å². The van der Waals surface area contributed by atoms with Crippen molar-refractivity contribution in [1.29, 1.82) is 0 Å². The van der Waals surface area contributed by atoms with Crippen molar-refractivity contribution < 1.29 is 9.59 Å². The number of aryl methyl sites for hydroxylation is 1. The van der Waals surface area contributed by atoms with Crippen LogP contribution < -0.4 is 5.32 Å². The Bertz CT molecular complexity index is 491. The number of nitrogens with one attached hydrogen (secondary N) is 1. The minimum Gasteiger partial charge on any atom is -0.292 e. The number of carbonyl (C=O) groups is 2. The van der Waals surface area contributed by atoms with Gasteiger partial charge in [0.2, 0.25) is 11.2 Å². The smallest absolute Gasteiger partial charge is 0.254 e. The highest BCUT2D eigenvalue weighted by Gasteiger charge is 2.23. The maximum absolute atomic E-state index is 11.3. The summed E-state index contributed by atoms with van der Waals surface area (Å²) >= 11 is 5.68. The van der Waals surface area contributed by atoms with E-state index in [0.29, 0.717) is 17.0 Å². The topological polar surface area (TPSA) is 72.0 Å². The molecule has 0 bridgehead atoms. The molecule has 6 heteroatoms. The van der Waals surface area contributed by atoms with E-state index in [1.165, 1.54) is 0 Å². The van der Waals surface area contributed by atoms with Crippen LogP contribution >= 0.6 is 11.6 Å². The number of nitrogens with zero attached hydrogens (tertiary/aromatic N) is 2. The van der Waals surface area contributed by atoms with Gasteiger partial charge in [0.05, 0.1) is 12.1 Å². The van der Waals surface area contributed by atoms with Crippen LogP contribution in [0.3, 0.4) is 0 Å². The zero-order valence-corrected chi connectivity index (χ0v) is 9.21. The molecule has 1 saturated heterocycles. The molecule has 0 aromatic carbocycles. The first-order valence-electron chi connectivity index (χ1n) is 4.60. The third-order valence-corrected chi connectivity index (χ3v) is 2.23. The second-order valence-electron chi connectivity index (χ2n) is 3.43. The zero-order valence-electron chi connectivity index (χ0n) is 8.45. The summed E-state index contributed by atoms with van der Waals surface area (Å²) in [5, 5.41) is 2.32.